The van der Waals surface area contributed by atoms with E-state index in [1.807, 2.05) is 63.3 Å². The van der Waals surface area contributed by atoms with Crippen LogP contribution in [0.2, 0.25) is 0 Å². The van der Waals surface area contributed by atoms with Gasteiger partial charge in [-0.15, -0.1) is 0 Å². The van der Waals surface area contributed by atoms with Crippen molar-refractivity contribution in [2.75, 3.05) is 19.7 Å². The number of carbonyl (C=O) groups is 4. The predicted octanol–water partition coefficient (Wildman–Crippen LogP) is 3.70. The van der Waals surface area contributed by atoms with Crippen molar-refractivity contribution in [1.29, 1.82) is 0 Å². The standard InChI is InChI=1S/C36H49N3O7/c1-7-24(21-40)39-30-32(43)38(35(5,6)22-34(2,3)4)19-13-9-12-16-27(41)37-20-26(23-14-10-8-11-15-23)45-33(44)28-25-17-18-36(30,46-25)29(28)31(39)42/h8-11,13-15,17-18,24-26,28-30,40H,7,12,16,19-22H2,1-6H3,(H,37,41)/b13-9-/t24-,25-,26-,28+,29+,30-,36+/m0/s1. The number of aliphatic hydroxyl groups is 1. The van der Waals surface area contributed by atoms with Gasteiger partial charge in [0.1, 0.15) is 23.7 Å². The summed E-state index contributed by atoms with van der Waals surface area (Å²) in [6, 6.07) is 7.44. The lowest BCUT2D eigenvalue weighted by Gasteiger charge is -2.46. The number of ether oxygens (including phenoxy) is 2. The SMILES string of the molecule is CC[C@@H](CO)N1C(=O)[C@H]2[C@@H]3C(=O)O[C@H](c4ccccc4)CNC(=O)CC/C=C\CN(C(C)(C)CC(C)(C)C)C(=O)[C@H]1[C@@]21C=C[C@@H]3O1. The highest BCUT2D eigenvalue weighted by atomic mass is 16.6. The predicted molar refractivity (Wildman–Crippen MR) is 172 cm³/mol. The molecule has 0 unspecified atom stereocenters. The van der Waals surface area contributed by atoms with Crippen molar-refractivity contribution >= 4 is 23.7 Å². The Balaban J connectivity index is 1.62. The molecule has 250 valence electrons. The lowest BCUT2D eigenvalue weighted by molar-refractivity contribution is -0.161. The maximum absolute atomic E-state index is 15.0. The maximum Gasteiger partial charge on any atom is 0.313 e. The number of nitrogens with zero attached hydrogens (tertiary/aromatic N) is 2. The van der Waals surface area contributed by atoms with E-state index in [0.29, 0.717) is 24.8 Å². The van der Waals surface area contributed by atoms with Crippen molar-refractivity contribution in [3.63, 3.8) is 0 Å². The first kappa shape index (κ1) is 33.9. The minimum absolute atomic E-state index is 0.0700. The van der Waals surface area contributed by atoms with Crippen LogP contribution in [0.4, 0.5) is 0 Å². The van der Waals surface area contributed by atoms with E-state index in [1.165, 1.54) is 4.90 Å². The second-order valence-electron chi connectivity index (χ2n) is 14.8. The van der Waals surface area contributed by atoms with Gasteiger partial charge in [-0.3, -0.25) is 19.2 Å². The lowest BCUT2D eigenvalue weighted by Crippen LogP contribution is -2.62. The molecule has 1 spiro atoms. The summed E-state index contributed by atoms with van der Waals surface area (Å²) in [6.45, 7) is 12.3. The lowest BCUT2D eigenvalue weighted by atomic mass is 9.74. The molecule has 2 saturated heterocycles. The van der Waals surface area contributed by atoms with Crippen LogP contribution >= 0.6 is 0 Å². The normalized spacial score (nSPS) is 31.9. The van der Waals surface area contributed by atoms with Crippen LogP contribution in [0.25, 0.3) is 0 Å². The monoisotopic (exact) mass is 635 g/mol. The Labute approximate surface area is 272 Å². The Morgan fingerprint density at radius 3 is 2.41 bits per heavy atom. The van der Waals surface area contributed by atoms with Crippen LogP contribution in [0, 0.1) is 17.3 Å². The molecule has 2 N–H and O–H groups in total. The van der Waals surface area contributed by atoms with Gasteiger partial charge in [0.05, 0.1) is 31.2 Å². The molecule has 4 aliphatic heterocycles. The van der Waals surface area contributed by atoms with Gasteiger partial charge < -0.3 is 29.7 Å². The van der Waals surface area contributed by atoms with Gasteiger partial charge in [0.2, 0.25) is 17.7 Å². The highest BCUT2D eigenvalue weighted by Crippen LogP contribution is 2.56. The second kappa shape index (κ2) is 13.0. The van der Waals surface area contributed by atoms with Crippen LogP contribution in [0.5, 0.6) is 0 Å². The molecule has 3 amide bonds. The number of rotatable bonds is 6. The number of likely N-dealkylation sites (tertiary alicyclic amines) is 1. The Kier molecular flexibility index (Phi) is 9.53. The summed E-state index contributed by atoms with van der Waals surface area (Å²) in [5.74, 6) is -3.51. The van der Waals surface area contributed by atoms with Crippen LogP contribution in [-0.2, 0) is 28.7 Å². The molecule has 4 heterocycles. The van der Waals surface area contributed by atoms with E-state index in [4.69, 9.17) is 9.47 Å². The molecule has 0 saturated carbocycles. The molecule has 4 aliphatic rings. The van der Waals surface area contributed by atoms with Crippen molar-refractivity contribution < 1.29 is 33.8 Å². The fourth-order valence-corrected chi connectivity index (χ4v) is 8.06. The summed E-state index contributed by atoms with van der Waals surface area (Å²) in [5, 5.41) is 13.4. The summed E-state index contributed by atoms with van der Waals surface area (Å²) in [6.07, 6.45) is 7.58. The van der Waals surface area contributed by atoms with Crippen molar-refractivity contribution in [3.8, 4) is 0 Å². The molecule has 5 bridgehead atoms. The smallest absolute Gasteiger partial charge is 0.313 e. The molecule has 10 heteroatoms. The van der Waals surface area contributed by atoms with Gasteiger partial charge in [0.25, 0.3) is 0 Å². The number of fused-ring (bicyclic) bond motifs is 2. The molecule has 1 aromatic rings. The number of hydrogen-bond acceptors (Lipinski definition) is 7. The first-order chi connectivity index (χ1) is 21.7. The third-order valence-electron chi connectivity index (χ3n) is 9.76. The molecule has 0 aliphatic carbocycles. The molecular formula is C36H49N3O7. The van der Waals surface area contributed by atoms with Crippen LogP contribution in [-0.4, -0.2) is 87.6 Å². The van der Waals surface area contributed by atoms with Gasteiger partial charge in [-0.2, -0.15) is 0 Å². The van der Waals surface area contributed by atoms with Crippen molar-refractivity contribution in [3.05, 3.63) is 60.2 Å². The summed E-state index contributed by atoms with van der Waals surface area (Å²) in [4.78, 5) is 59.7. The number of esters is 1. The summed E-state index contributed by atoms with van der Waals surface area (Å²) < 4.78 is 12.7. The van der Waals surface area contributed by atoms with E-state index in [1.54, 1.807) is 17.1 Å². The van der Waals surface area contributed by atoms with Crippen LogP contribution in [0.3, 0.4) is 0 Å². The number of aliphatic hydroxyl groups excluding tert-OH is 1. The van der Waals surface area contributed by atoms with E-state index < -0.39 is 59.1 Å². The fraction of sp³-hybridized carbons (Fsp3) is 0.611. The molecule has 46 heavy (non-hydrogen) atoms. The van der Waals surface area contributed by atoms with Gasteiger partial charge in [0, 0.05) is 18.5 Å². The molecule has 5 rings (SSSR count). The molecule has 0 aromatic heterocycles. The summed E-state index contributed by atoms with van der Waals surface area (Å²) >= 11 is 0. The van der Waals surface area contributed by atoms with Gasteiger partial charge in [-0.05, 0) is 44.1 Å². The van der Waals surface area contributed by atoms with E-state index in [0.717, 1.165) is 0 Å². The topological polar surface area (TPSA) is 125 Å². The summed E-state index contributed by atoms with van der Waals surface area (Å²) in [7, 11) is 0. The zero-order valence-corrected chi connectivity index (χ0v) is 27.9. The van der Waals surface area contributed by atoms with Gasteiger partial charge >= 0.3 is 5.97 Å². The number of allylic oxidation sites excluding steroid dienone is 1. The van der Waals surface area contributed by atoms with E-state index in [2.05, 4.69) is 26.1 Å². The molecule has 7 atom stereocenters. The zero-order valence-electron chi connectivity index (χ0n) is 27.9. The Morgan fingerprint density at radius 2 is 1.76 bits per heavy atom. The Bertz CT molecular complexity index is 1380. The maximum atomic E-state index is 15.0. The number of carbonyl (C=O) groups excluding carboxylic acids is 4. The first-order valence-corrected chi connectivity index (χ1v) is 16.5. The van der Waals surface area contributed by atoms with Crippen molar-refractivity contribution in [2.45, 2.75) is 103 Å². The van der Waals surface area contributed by atoms with Gasteiger partial charge in [-0.1, -0.05) is 82.3 Å². The zero-order chi connectivity index (χ0) is 33.4. The van der Waals surface area contributed by atoms with Crippen LogP contribution in [0.1, 0.15) is 78.9 Å². The van der Waals surface area contributed by atoms with E-state index in [9.17, 15) is 19.5 Å². The van der Waals surface area contributed by atoms with Gasteiger partial charge in [-0.25, -0.2) is 0 Å². The number of hydrogen-bond donors (Lipinski definition) is 2. The third kappa shape index (κ3) is 6.26. The average Bonchev–Trinajstić information content (AvgIpc) is 3.63. The molecule has 1 aromatic carbocycles. The first-order valence-electron chi connectivity index (χ1n) is 16.5. The van der Waals surface area contributed by atoms with Gasteiger partial charge in [0.15, 0.2) is 0 Å². The minimum atomic E-state index is -1.39. The second-order valence-corrected chi connectivity index (χ2v) is 14.8. The number of benzene rings is 1. The molecule has 2 fully saturated rings. The van der Waals surface area contributed by atoms with Crippen molar-refractivity contribution in [1.82, 2.24) is 15.1 Å². The Hall–Kier alpha value is -3.50. The van der Waals surface area contributed by atoms with Crippen LogP contribution in [0.15, 0.2) is 54.6 Å². The number of amides is 3. The third-order valence-corrected chi connectivity index (χ3v) is 9.76. The minimum Gasteiger partial charge on any atom is -0.455 e. The van der Waals surface area contributed by atoms with E-state index in [-0.39, 0.29) is 43.3 Å². The highest BCUT2D eigenvalue weighted by Gasteiger charge is 2.74. The Morgan fingerprint density at radius 1 is 1.04 bits per heavy atom. The molecular weight excluding hydrogens is 586 g/mol. The average molecular weight is 636 g/mol. The quantitative estimate of drug-likeness (QED) is 0.361. The molecule has 10 nitrogen and oxygen atoms in total. The van der Waals surface area contributed by atoms with Crippen molar-refractivity contribution in [2.24, 2.45) is 17.3 Å². The number of cyclic esters (lactones) is 1. The number of nitrogens with one attached hydrogen (secondary N) is 1. The largest absolute Gasteiger partial charge is 0.455 e. The highest BCUT2D eigenvalue weighted by molar-refractivity contribution is 5.99. The van der Waals surface area contributed by atoms with Crippen LogP contribution < -0.4 is 5.32 Å². The summed E-state index contributed by atoms with van der Waals surface area (Å²) in [5.41, 5.74) is -1.44. The van der Waals surface area contributed by atoms with E-state index >= 15 is 4.79 Å². The fourth-order valence-electron chi connectivity index (χ4n) is 8.06. The molecule has 0 radical (unpaired) electrons.